The van der Waals surface area contributed by atoms with Crippen molar-refractivity contribution in [1.82, 2.24) is 10.6 Å². The van der Waals surface area contributed by atoms with E-state index < -0.39 is 5.60 Å². The predicted octanol–water partition coefficient (Wildman–Crippen LogP) is 2.35. The van der Waals surface area contributed by atoms with Crippen LogP contribution >= 0.6 is 0 Å². The van der Waals surface area contributed by atoms with Crippen LogP contribution in [0.4, 0.5) is 4.39 Å². The first-order chi connectivity index (χ1) is 12.5. The van der Waals surface area contributed by atoms with Crippen LogP contribution in [0.5, 0.6) is 5.75 Å². The summed E-state index contributed by atoms with van der Waals surface area (Å²) in [7, 11) is 1.53. The van der Waals surface area contributed by atoms with Crippen LogP contribution in [0.15, 0.2) is 42.5 Å². The molecule has 0 saturated carbocycles. The first-order valence-corrected chi connectivity index (χ1v) is 8.66. The Morgan fingerprint density at radius 1 is 1.31 bits per heavy atom. The van der Waals surface area contributed by atoms with Gasteiger partial charge in [-0.15, -0.1) is 0 Å². The number of piperidine rings is 1. The number of hydrogen-bond donors (Lipinski definition) is 3. The van der Waals surface area contributed by atoms with Crippen molar-refractivity contribution < 1.29 is 19.0 Å². The fraction of sp³-hybridized carbons (Fsp3) is 0.350. The van der Waals surface area contributed by atoms with Crippen molar-refractivity contribution in [1.29, 1.82) is 0 Å². The molecule has 0 bridgehead atoms. The summed E-state index contributed by atoms with van der Waals surface area (Å²) in [6.45, 7) is 1.57. The molecule has 26 heavy (non-hydrogen) atoms. The number of carbonyl (C=O) groups is 1. The monoisotopic (exact) mass is 358 g/mol. The minimum absolute atomic E-state index is 0.207. The first-order valence-electron chi connectivity index (χ1n) is 8.66. The molecule has 2 aromatic rings. The molecule has 0 radical (unpaired) electrons. The van der Waals surface area contributed by atoms with Crippen LogP contribution in [0.25, 0.3) is 11.1 Å². The van der Waals surface area contributed by atoms with Gasteiger partial charge >= 0.3 is 0 Å². The van der Waals surface area contributed by atoms with Crippen molar-refractivity contribution in [3.05, 3.63) is 53.8 Å². The maximum absolute atomic E-state index is 13.5. The van der Waals surface area contributed by atoms with Crippen LogP contribution in [0.1, 0.15) is 23.2 Å². The van der Waals surface area contributed by atoms with E-state index in [1.165, 1.54) is 19.2 Å². The molecule has 1 atom stereocenters. The molecule has 1 heterocycles. The number of hydrogen-bond acceptors (Lipinski definition) is 4. The number of aliphatic hydroxyl groups is 1. The van der Waals surface area contributed by atoms with Crippen molar-refractivity contribution >= 4 is 5.91 Å². The summed E-state index contributed by atoms with van der Waals surface area (Å²) in [6.07, 6.45) is 1.55. The molecule has 1 aliphatic rings. The van der Waals surface area contributed by atoms with Crippen molar-refractivity contribution in [3.63, 3.8) is 0 Å². The van der Waals surface area contributed by atoms with Gasteiger partial charge in [0.15, 0.2) is 0 Å². The zero-order chi connectivity index (χ0) is 18.6. The van der Waals surface area contributed by atoms with Gasteiger partial charge < -0.3 is 20.5 Å². The van der Waals surface area contributed by atoms with Gasteiger partial charge in [0.1, 0.15) is 11.6 Å². The van der Waals surface area contributed by atoms with E-state index in [-0.39, 0.29) is 18.3 Å². The van der Waals surface area contributed by atoms with Crippen LogP contribution in [-0.2, 0) is 0 Å². The third-order valence-electron chi connectivity index (χ3n) is 4.65. The predicted molar refractivity (Wildman–Crippen MR) is 97.8 cm³/mol. The Bertz CT molecular complexity index is 771. The molecule has 6 heteroatoms. The number of methoxy groups -OCH3 is 1. The van der Waals surface area contributed by atoms with E-state index in [4.69, 9.17) is 4.74 Å². The lowest BCUT2D eigenvalue weighted by Crippen LogP contribution is -2.52. The van der Waals surface area contributed by atoms with Gasteiger partial charge in [-0.3, -0.25) is 4.79 Å². The Balaban J connectivity index is 1.69. The minimum atomic E-state index is -0.900. The van der Waals surface area contributed by atoms with Gasteiger partial charge in [0.05, 0.1) is 12.7 Å². The van der Waals surface area contributed by atoms with Gasteiger partial charge in [-0.25, -0.2) is 4.39 Å². The summed E-state index contributed by atoms with van der Waals surface area (Å²) in [5.41, 5.74) is 0.967. The average molecular weight is 358 g/mol. The first kappa shape index (κ1) is 18.4. The molecule has 1 fully saturated rings. The Hall–Kier alpha value is -2.44. The number of β-amino-alcohol motifs (C(OH)–C–C–N with tert-alkyl or cyclic N) is 1. The molecule has 1 aliphatic heterocycles. The smallest absolute Gasteiger partial charge is 0.251 e. The van der Waals surface area contributed by atoms with Crippen molar-refractivity contribution in [2.45, 2.75) is 18.4 Å². The highest BCUT2D eigenvalue weighted by atomic mass is 19.1. The summed E-state index contributed by atoms with van der Waals surface area (Å²) < 4.78 is 18.8. The Morgan fingerprint density at radius 3 is 2.73 bits per heavy atom. The maximum atomic E-state index is 13.5. The third-order valence-corrected chi connectivity index (χ3v) is 4.65. The number of ether oxygens (including phenoxy) is 1. The Labute approximate surface area is 152 Å². The number of amides is 1. The van der Waals surface area contributed by atoms with E-state index >= 15 is 0 Å². The summed E-state index contributed by atoms with van der Waals surface area (Å²) >= 11 is 0. The normalized spacial score (nSPS) is 19.8. The van der Waals surface area contributed by atoms with E-state index in [9.17, 15) is 14.3 Å². The van der Waals surface area contributed by atoms with Gasteiger partial charge in [0.2, 0.25) is 0 Å². The second kappa shape index (κ2) is 7.85. The van der Waals surface area contributed by atoms with E-state index in [1.807, 2.05) is 0 Å². The molecular formula is C20H23FN2O3. The lowest BCUT2D eigenvalue weighted by Gasteiger charge is -2.32. The molecule has 3 N–H and O–H groups in total. The molecule has 2 aromatic carbocycles. The van der Waals surface area contributed by atoms with Crippen molar-refractivity contribution in [3.8, 4) is 16.9 Å². The zero-order valence-corrected chi connectivity index (χ0v) is 14.7. The fourth-order valence-electron chi connectivity index (χ4n) is 3.16. The molecule has 5 nitrogen and oxygen atoms in total. The lowest BCUT2D eigenvalue weighted by molar-refractivity contribution is 0.0170. The highest BCUT2D eigenvalue weighted by Gasteiger charge is 2.29. The second-order valence-electron chi connectivity index (χ2n) is 6.61. The molecule has 0 unspecified atom stereocenters. The maximum Gasteiger partial charge on any atom is 0.251 e. The van der Waals surface area contributed by atoms with Crippen LogP contribution in [0.3, 0.4) is 0 Å². The Kier molecular flexibility index (Phi) is 5.54. The van der Waals surface area contributed by atoms with E-state index in [0.717, 1.165) is 18.5 Å². The topological polar surface area (TPSA) is 70.6 Å². The van der Waals surface area contributed by atoms with Gasteiger partial charge in [-0.2, -0.15) is 0 Å². The number of benzene rings is 2. The lowest BCUT2D eigenvalue weighted by atomic mass is 9.94. The molecule has 0 aromatic heterocycles. The van der Waals surface area contributed by atoms with Gasteiger partial charge in [-0.05, 0) is 55.3 Å². The van der Waals surface area contributed by atoms with Crippen molar-refractivity contribution in [2.75, 3.05) is 26.7 Å². The molecule has 1 amide bonds. The van der Waals surface area contributed by atoms with E-state index in [0.29, 0.717) is 29.8 Å². The van der Waals surface area contributed by atoms with Crippen molar-refractivity contribution in [2.24, 2.45) is 0 Å². The fourth-order valence-corrected chi connectivity index (χ4v) is 3.16. The third kappa shape index (κ3) is 4.20. The summed E-state index contributed by atoms with van der Waals surface area (Å²) in [6, 6.07) is 11.2. The van der Waals surface area contributed by atoms with Gasteiger partial charge in [-0.1, -0.05) is 12.1 Å². The van der Waals surface area contributed by atoms with Crippen LogP contribution < -0.4 is 15.4 Å². The SMILES string of the molecule is COc1ccc(F)cc1-c1ccc(C(=O)NC[C@]2(O)CCCNC2)cc1. The summed E-state index contributed by atoms with van der Waals surface area (Å²) in [5, 5.41) is 16.3. The molecule has 0 spiro atoms. The summed E-state index contributed by atoms with van der Waals surface area (Å²) in [4.78, 5) is 12.3. The largest absolute Gasteiger partial charge is 0.496 e. The van der Waals surface area contributed by atoms with E-state index in [1.54, 1.807) is 30.3 Å². The molecule has 138 valence electrons. The highest BCUT2D eigenvalue weighted by molar-refractivity contribution is 5.94. The van der Waals surface area contributed by atoms with Gasteiger partial charge in [0, 0.05) is 24.2 Å². The number of carbonyl (C=O) groups excluding carboxylic acids is 1. The molecule has 0 aliphatic carbocycles. The second-order valence-corrected chi connectivity index (χ2v) is 6.61. The highest BCUT2D eigenvalue weighted by Crippen LogP contribution is 2.30. The van der Waals surface area contributed by atoms with Crippen LogP contribution in [-0.4, -0.2) is 43.4 Å². The standard InChI is InChI=1S/C20H23FN2O3/c1-26-18-8-7-16(21)11-17(18)14-3-5-15(6-4-14)19(24)23-13-20(25)9-2-10-22-12-20/h3-8,11,22,25H,2,9-10,12-13H2,1H3,(H,23,24)/t20-/m0/s1. The van der Waals surface area contributed by atoms with Crippen LogP contribution in [0.2, 0.25) is 0 Å². The quantitative estimate of drug-likeness (QED) is 0.767. The zero-order valence-electron chi connectivity index (χ0n) is 14.7. The summed E-state index contributed by atoms with van der Waals surface area (Å²) in [5.74, 6) is -0.0330. The number of halogens is 1. The van der Waals surface area contributed by atoms with Crippen LogP contribution in [0, 0.1) is 5.82 Å². The molecular weight excluding hydrogens is 335 g/mol. The van der Waals surface area contributed by atoms with E-state index in [2.05, 4.69) is 10.6 Å². The van der Waals surface area contributed by atoms with Gasteiger partial charge in [0.25, 0.3) is 5.91 Å². The number of rotatable bonds is 5. The Morgan fingerprint density at radius 2 is 2.08 bits per heavy atom. The number of nitrogens with one attached hydrogen (secondary N) is 2. The molecule has 1 saturated heterocycles. The minimum Gasteiger partial charge on any atom is -0.496 e. The molecule has 3 rings (SSSR count). The average Bonchev–Trinajstić information content (AvgIpc) is 2.67.